The number of H-pyrrole nitrogens is 1. The van der Waals surface area contributed by atoms with Crippen LogP contribution < -0.4 is 4.90 Å². The van der Waals surface area contributed by atoms with Crippen molar-refractivity contribution in [2.45, 2.75) is 32.6 Å². The summed E-state index contributed by atoms with van der Waals surface area (Å²) in [4.78, 5) is 14.9. The number of anilines is 1. The molecule has 0 aliphatic carbocycles. The van der Waals surface area contributed by atoms with Gasteiger partial charge in [0.2, 0.25) is 5.95 Å². The quantitative estimate of drug-likeness (QED) is 0.779. The Labute approximate surface area is 136 Å². The monoisotopic (exact) mass is 306 g/mol. The number of nitrogens with zero attached hydrogens (tertiary/aromatic N) is 3. The summed E-state index contributed by atoms with van der Waals surface area (Å²) < 4.78 is 0. The Morgan fingerprint density at radius 3 is 2.48 bits per heavy atom. The summed E-state index contributed by atoms with van der Waals surface area (Å²) in [5, 5.41) is 1.37. The second kappa shape index (κ2) is 5.69. The van der Waals surface area contributed by atoms with Crippen LogP contribution in [-0.4, -0.2) is 28.0 Å². The molecule has 118 valence electrons. The van der Waals surface area contributed by atoms with Crippen molar-refractivity contribution in [3.63, 3.8) is 0 Å². The zero-order chi connectivity index (χ0) is 15.8. The number of rotatable bonds is 2. The van der Waals surface area contributed by atoms with Crippen LogP contribution in [0, 0.1) is 13.8 Å². The van der Waals surface area contributed by atoms with Crippen LogP contribution in [0.3, 0.4) is 0 Å². The molecule has 1 aliphatic heterocycles. The van der Waals surface area contributed by atoms with E-state index < -0.39 is 0 Å². The van der Waals surface area contributed by atoms with Crippen LogP contribution >= 0.6 is 0 Å². The van der Waals surface area contributed by atoms with E-state index >= 15 is 0 Å². The fourth-order valence-corrected chi connectivity index (χ4v) is 3.67. The van der Waals surface area contributed by atoms with E-state index in [0.29, 0.717) is 5.92 Å². The summed E-state index contributed by atoms with van der Waals surface area (Å²) in [6, 6.07) is 10.6. The summed E-state index contributed by atoms with van der Waals surface area (Å²) in [7, 11) is 0. The molecule has 4 rings (SSSR count). The normalized spacial score (nSPS) is 16.2. The summed E-state index contributed by atoms with van der Waals surface area (Å²) in [5.74, 6) is 1.51. The SMILES string of the molecule is Cc1cc(C)nc(N2CCC(c3c[nH]c4ccccc34)CC2)n1. The zero-order valence-corrected chi connectivity index (χ0v) is 13.7. The molecule has 0 saturated carbocycles. The molecule has 3 aromatic rings. The average Bonchev–Trinajstić information content (AvgIpc) is 2.98. The van der Waals surface area contributed by atoms with E-state index in [0.717, 1.165) is 43.3 Å². The first-order valence-corrected chi connectivity index (χ1v) is 8.34. The van der Waals surface area contributed by atoms with Gasteiger partial charge in [-0.3, -0.25) is 0 Å². The van der Waals surface area contributed by atoms with Gasteiger partial charge in [-0.25, -0.2) is 9.97 Å². The van der Waals surface area contributed by atoms with E-state index in [1.165, 1.54) is 16.5 Å². The molecule has 1 aliphatic rings. The van der Waals surface area contributed by atoms with Crippen LogP contribution in [0.1, 0.15) is 35.7 Å². The molecule has 1 fully saturated rings. The number of benzene rings is 1. The van der Waals surface area contributed by atoms with E-state index in [9.17, 15) is 0 Å². The average molecular weight is 306 g/mol. The van der Waals surface area contributed by atoms with E-state index in [-0.39, 0.29) is 0 Å². The molecule has 4 nitrogen and oxygen atoms in total. The second-order valence-electron chi connectivity index (χ2n) is 6.50. The van der Waals surface area contributed by atoms with Crippen molar-refractivity contribution in [3.05, 3.63) is 53.5 Å². The number of aromatic amines is 1. The molecule has 1 aromatic carbocycles. The number of aryl methyl sites for hydroxylation is 2. The lowest BCUT2D eigenvalue weighted by atomic mass is 9.89. The molecule has 0 radical (unpaired) electrons. The van der Waals surface area contributed by atoms with Crippen LogP contribution in [0.5, 0.6) is 0 Å². The van der Waals surface area contributed by atoms with Gasteiger partial charge in [-0.05, 0) is 50.3 Å². The maximum Gasteiger partial charge on any atom is 0.225 e. The highest BCUT2D eigenvalue weighted by Crippen LogP contribution is 2.33. The molecule has 2 aromatic heterocycles. The summed E-state index contributed by atoms with van der Waals surface area (Å²) in [6.45, 7) is 6.12. The molecule has 1 saturated heterocycles. The van der Waals surface area contributed by atoms with E-state index in [1.54, 1.807) is 0 Å². The molecular weight excluding hydrogens is 284 g/mol. The van der Waals surface area contributed by atoms with Crippen molar-refractivity contribution < 1.29 is 0 Å². The van der Waals surface area contributed by atoms with Gasteiger partial charge in [0.1, 0.15) is 0 Å². The Kier molecular flexibility index (Phi) is 3.52. The van der Waals surface area contributed by atoms with Gasteiger partial charge in [-0.1, -0.05) is 18.2 Å². The van der Waals surface area contributed by atoms with Gasteiger partial charge in [0.25, 0.3) is 0 Å². The molecule has 0 bridgehead atoms. The largest absolute Gasteiger partial charge is 0.361 e. The van der Waals surface area contributed by atoms with Crippen molar-refractivity contribution in [1.29, 1.82) is 0 Å². The molecule has 4 heteroatoms. The van der Waals surface area contributed by atoms with Crippen LogP contribution in [-0.2, 0) is 0 Å². The van der Waals surface area contributed by atoms with Gasteiger partial charge in [0.05, 0.1) is 0 Å². The molecule has 3 heterocycles. The van der Waals surface area contributed by atoms with E-state index in [1.807, 2.05) is 19.9 Å². The van der Waals surface area contributed by atoms with Crippen LogP contribution in [0.15, 0.2) is 36.5 Å². The first-order valence-electron chi connectivity index (χ1n) is 8.34. The highest BCUT2D eigenvalue weighted by Gasteiger charge is 2.24. The highest BCUT2D eigenvalue weighted by atomic mass is 15.3. The first-order chi connectivity index (χ1) is 11.2. The maximum atomic E-state index is 4.60. The van der Waals surface area contributed by atoms with Gasteiger partial charge in [0.15, 0.2) is 0 Å². The Bertz CT molecular complexity index is 808. The van der Waals surface area contributed by atoms with Gasteiger partial charge >= 0.3 is 0 Å². The lowest BCUT2D eigenvalue weighted by molar-refractivity contribution is 0.501. The standard InChI is InChI=1S/C19H22N4/c1-13-11-14(2)22-19(21-13)23-9-7-15(8-10-23)17-12-20-18-6-4-3-5-16(17)18/h3-6,11-12,15,20H,7-10H2,1-2H3. The molecule has 0 atom stereocenters. The molecule has 0 spiro atoms. The number of para-hydroxylation sites is 1. The summed E-state index contributed by atoms with van der Waals surface area (Å²) in [5.41, 5.74) is 4.79. The van der Waals surface area contributed by atoms with E-state index in [4.69, 9.17) is 0 Å². The van der Waals surface area contributed by atoms with Gasteiger partial charge in [0, 0.05) is 41.6 Å². The molecular formula is C19H22N4. The predicted octanol–water partition coefficient (Wildman–Crippen LogP) is 3.96. The Hall–Kier alpha value is -2.36. The second-order valence-corrected chi connectivity index (χ2v) is 6.50. The third kappa shape index (κ3) is 2.69. The van der Waals surface area contributed by atoms with Crippen LogP contribution in [0.25, 0.3) is 10.9 Å². The lowest BCUT2D eigenvalue weighted by Crippen LogP contribution is -2.34. The number of piperidine rings is 1. The topological polar surface area (TPSA) is 44.8 Å². The maximum absolute atomic E-state index is 4.60. The lowest BCUT2D eigenvalue weighted by Gasteiger charge is -2.32. The van der Waals surface area contributed by atoms with Gasteiger partial charge < -0.3 is 9.88 Å². The first kappa shape index (κ1) is 14.2. The number of fused-ring (bicyclic) bond motifs is 1. The van der Waals surface area contributed by atoms with E-state index in [2.05, 4.69) is 50.3 Å². The number of hydrogen-bond donors (Lipinski definition) is 1. The number of aromatic nitrogens is 3. The smallest absolute Gasteiger partial charge is 0.225 e. The minimum absolute atomic E-state index is 0.619. The zero-order valence-electron chi connectivity index (χ0n) is 13.7. The highest BCUT2D eigenvalue weighted by molar-refractivity contribution is 5.83. The van der Waals surface area contributed by atoms with Crippen molar-refractivity contribution in [2.24, 2.45) is 0 Å². The minimum atomic E-state index is 0.619. The number of nitrogens with one attached hydrogen (secondary N) is 1. The van der Waals surface area contributed by atoms with Crippen molar-refractivity contribution in [1.82, 2.24) is 15.0 Å². The molecule has 1 N–H and O–H groups in total. The molecule has 0 amide bonds. The Balaban J connectivity index is 1.53. The summed E-state index contributed by atoms with van der Waals surface area (Å²) in [6.07, 6.45) is 4.49. The van der Waals surface area contributed by atoms with Crippen molar-refractivity contribution in [2.75, 3.05) is 18.0 Å². The van der Waals surface area contributed by atoms with Gasteiger partial charge in [-0.2, -0.15) is 0 Å². The third-order valence-electron chi connectivity index (χ3n) is 4.81. The predicted molar refractivity (Wildman–Crippen MR) is 94.0 cm³/mol. The summed E-state index contributed by atoms with van der Waals surface area (Å²) >= 11 is 0. The minimum Gasteiger partial charge on any atom is -0.361 e. The van der Waals surface area contributed by atoms with Crippen LogP contribution in [0.4, 0.5) is 5.95 Å². The molecule has 0 unspecified atom stereocenters. The van der Waals surface area contributed by atoms with Crippen LogP contribution in [0.2, 0.25) is 0 Å². The fraction of sp³-hybridized carbons (Fsp3) is 0.368. The third-order valence-corrected chi connectivity index (χ3v) is 4.81. The van der Waals surface area contributed by atoms with Crippen molar-refractivity contribution in [3.8, 4) is 0 Å². The fourth-order valence-electron chi connectivity index (χ4n) is 3.67. The van der Waals surface area contributed by atoms with Gasteiger partial charge in [-0.15, -0.1) is 0 Å². The molecule has 23 heavy (non-hydrogen) atoms. The Morgan fingerprint density at radius 1 is 1.04 bits per heavy atom. The van der Waals surface area contributed by atoms with Crippen molar-refractivity contribution >= 4 is 16.9 Å². The number of hydrogen-bond acceptors (Lipinski definition) is 3. The Morgan fingerprint density at radius 2 is 1.74 bits per heavy atom.